The van der Waals surface area contributed by atoms with Crippen molar-refractivity contribution < 1.29 is 4.52 Å². The van der Waals surface area contributed by atoms with Gasteiger partial charge in [-0.1, -0.05) is 62.7 Å². The largest absolute Gasteiger partial charge is 0.338 e. The molecular weight excluding hydrogens is 412 g/mol. The fraction of sp³-hybridized carbons (Fsp3) is 0.500. The number of para-hydroxylation sites is 1. The van der Waals surface area contributed by atoms with Crippen molar-refractivity contribution in [3.63, 3.8) is 0 Å². The molecular formula is C22H28N6O2S. The van der Waals surface area contributed by atoms with Crippen LogP contribution in [0.1, 0.15) is 58.2 Å². The Kier molecular flexibility index (Phi) is 6.70. The SMILES string of the molecule is CCCCCn1c(=O)c2ccccc2n2c(SCc3nc(CCC(C)C)no3)nnc12. The molecule has 0 N–H and O–H groups in total. The predicted octanol–water partition coefficient (Wildman–Crippen LogP) is 4.50. The lowest BCUT2D eigenvalue weighted by atomic mass is 10.1. The summed E-state index contributed by atoms with van der Waals surface area (Å²) in [6.07, 6.45) is 4.94. The zero-order valence-corrected chi connectivity index (χ0v) is 19.1. The van der Waals surface area contributed by atoms with Crippen LogP contribution >= 0.6 is 11.8 Å². The molecule has 0 atom stereocenters. The van der Waals surface area contributed by atoms with Gasteiger partial charge in [-0.25, -0.2) is 0 Å². The number of thioether (sulfide) groups is 1. The first-order valence-electron chi connectivity index (χ1n) is 10.9. The maximum atomic E-state index is 13.1. The molecule has 0 spiro atoms. The summed E-state index contributed by atoms with van der Waals surface area (Å²) < 4.78 is 9.11. The minimum atomic E-state index is -0.0187. The molecule has 0 saturated heterocycles. The number of hydrogen-bond donors (Lipinski definition) is 0. The molecule has 0 bridgehead atoms. The molecule has 4 rings (SSSR count). The summed E-state index contributed by atoms with van der Waals surface area (Å²) in [5.74, 6) is 2.98. The molecule has 0 saturated carbocycles. The third-order valence-corrected chi connectivity index (χ3v) is 6.16. The number of aryl methyl sites for hydroxylation is 2. The van der Waals surface area contributed by atoms with E-state index < -0.39 is 0 Å². The third kappa shape index (κ3) is 4.66. The van der Waals surface area contributed by atoms with Gasteiger partial charge in [-0.05, 0) is 30.9 Å². The lowest BCUT2D eigenvalue weighted by Crippen LogP contribution is -2.23. The molecule has 164 valence electrons. The minimum Gasteiger partial charge on any atom is -0.338 e. The van der Waals surface area contributed by atoms with Crippen LogP contribution in [0.5, 0.6) is 0 Å². The van der Waals surface area contributed by atoms with Gasteiger partial charge in [0.2, 0.25) is 11.7 Å². The van der Waals surface area contributed by atoms with E-state index in [0.717, 1.165) is 43.4 Å². The second-order valence-electron chi connectivity index (χ2n) is 8.12. The van der Waals surface area contributed by atoms with Crippen LogP contribution in [0.25, 0.3) is 16.7 Å². The van der Waals surface area contributed by atoms with E-state index in [-0.39, 0.29) is 5.56 Å². The van der Waals surface area contributed by atoms with Crippen molar-refractivity contribution in [1.29, 1.82) is 0 Å². The van der Waals surface area contributed by atoms with Crippen LogP contribution in [-0.4, -0.2) is 29.3 Å². The first-order valence-corrected chi connectivity index (χ1v) is 11.9. The van der Waals surface area contributed by atoms with Crippen molar-refractivity contribution in [2.24, 2.45) is 5.92 Å². The van der Waals surface area contributed by atoms with Crippen molar-refractivity contribution in [2.45, 2.75) is 70.3 Å². The van der Waals surface area contributed by atoms with Crippen LogP contribution in [0.3, 0.4) is 0 Å². The Labute approximate surface area is 185 Å². The maximum absolute atomic E-state index is 13.1. The lowest BCUT2D eigenvalue weighted by molar-refractivity contribution is 0.383. The molecule has 0 unspecified atom stereocenters. The van der Waals surface area contributed by atoms with Gasteiger partial charge in [0, 0.05) is 13.0 Å². The summed E-state index contributed by atoms with van der Waals surface area (Å²) in [6, 6.07) is 7.61. The highest BCUT2D eigenvalue weighted by molar-refractivity contribution is 7.98. The molecule has 0 aliphatic rings. The molecule has 0 radical (unpaired) electrons. The smallest absolute Gasteiger partial charge is 0.262 e. The van der Waals surface area contributed by atoms with Gasteiger partial charge in [-0.2, -0.15) is 4.98 Å². The Morgan fingerprint density at radius 1 is 1.16 bits per heavy atom. The number of nitrogens with zero attached hydrogens (tertiary/aromatic N) is 6. The van der Waals surface area contributed by atoms with Crippen molar-refractivity contribution in [2.75, 3.05) is 0 Å². The molecule has 4 aromatic rings. The van der Waals surface area contributed by atoms with Crippen molar-refractivity contribution in [3.05, 3.63) is 46.3 Å². The molecule has 8 nitrogen and oxygen atoms in total. The Morgan fingerprint density at radius 2 is 2.00 bits per heavy atom. The van der Waals surface area contributed by atoms with Gasteiger partial charge >= 0.3 is 0 Å². The van der Waals surface area contributed by atoms with Crippen molar-refractivity contribution in [1.82, 2.24) is 29.3 Å². The molecule has 3 aromatic heterocycles. The van der Waals surface area contributed by atoms with Crippen LogP contribution in [0.4, 0.5) is 0 Å². The van der Waals surface area contributed by atoms with Gasteiger partial charge in [-0.15, -0.1) is 10.2 Å². The average Bonchev–Trinajstić information content (AvgIpc) is 3.40. The number of rotatable bonds is 10. The van der Waals surface area contributed by atoms with Gasteiger partial charge in [0.1, 0.15) is 0 Å². The number of benzene rings is 1. The normalized spacial score (nSPS) is 11.9. The predicted molar refractivity (Wildman–Crippen MR) is 121 cm³/mol. The second kappa shape index (κ2) is 9.64. The van der Waals surface area contributed by atoms with E-state index in [1.54, 1.807) is 4.57 Å². The zero-order valence-electron chi connectivity index (χ0n) is 18.2. The standard InChI is InChI=1S/C22H28N6O2S/c1-4-5-8-13-27-20(29)16-9-6-7-10-17(16)28-21(27)24-25-22(28)31-14-19-23-18(26-30-19)12-11-15(2)3/h6-7,9-10,15H,4-5,8,11-14H2,1-3H3. The molecule has 1 aromatic carbocycles. The fourth-order valence-electron chi connectivity index (χ4n) is 3.54. The van der Waals surface area contributed by atoms with Gasteiger partial charge in [0.25, 0.3) is 5.56 Å². The number of fused-ring (bicyclic) bond motifs is 3. The highest BCUT2D eigenvalue weighted by atomic mass is 32.2. The number of hydrogen-bond acceptors (Lipinski definition) is 7. The third-order valence-electron chi connectivity index (χ3n) is 5.24. The molecule has 0 fully saturated rings. The number of unbranched alkanes of at least 4 members (excludes halogenated alkanes) is 2. The van der Waals surface area contributed by atoms with E-state index >= 15 is 0 Å². The van der Waals surface area contributed by atoms with Crippen LogP contribution in [-0.2, 0) is 18.7 Å². The van der Waals surface area contributed by atoms with E-state index in [0.29, 0.717) is 40.4 Å². The van der Waals surface area contributed by atoms with Gasteiger partial charge in [-0.3, -0.25) is 13.8 Å². The van der Waals surface area contributed by atoms with Gasteiger partial charge in [0.15, 0.2) is 11.0 Å². The zero-order chi connectivity index (χ0) is 21.8. The quantitative estimate of drug-likeness (QED) is 0.265. The van der Waals surface area contributed by atoms with Gasteiger partial charge in [0.05, 0.1) is 16.7 Å². The van der Waals surface area contributed by atoms with E-state index in [4.69, 9.17) is 4.52 Å². The molecule has 0 aliphatic carbocycles. The van der Waals surface area contributed by atoms with E-state index in [1.807, 2.05) is 28.7 Å². The molecule has 0 amide bonds. The van der Waals surface area contributed by atoms with E-state index in [1.165, 1.54) is 11.8 Å². The summed E-state index contributed by atoms with van der Waals surface area (Å²) in [7, 11) is 0. The molecule has 0 aliphatic heterocycles. The molecule has 9 heteroatoms. The van der Waals surface area contributed by atoms with E-state index in [9.17, 15) is 4.79 Å². The molecule has 3 heterocycles. The summed E-state index contributed by atoms with van der Waals surface area (Å²) in [4.78, 5) is 17.6. The summed E-state index contributed by atoms with van der Waals surface area (Å²) in [5, 5.41) is 14.2. The first-order chi connectivity index (χ1) is 15.1. The Balaban J connectivity index is 1.64. The van der Waals surface area contributed by atoms with Crippen molar-refractivity contribution >= 4 is 28.4 Å². The Bertz CT molecular complexity index is 1230. The number of aromatic nitrogens is 6. The maximum Gasteiger partial charge on any atom is 0.262 e. The van der Waals surface area contributed by atoms with E-state index in [2.05, 4.69) is 41.1 Å². The lowest BCUT2D eigenvalue weighted by Gasteiger charge is -2.10. The average molecular weight is 441 g/mol. The summed E-state index contributed by atoms with van der Waals surface area (Å²) in [5.41, 5.74) is 0.791. The summed E-state index contributed by atoms with van der Waals surface area (Å²) >= 11 is 1.48. The fourth-order valence-corrected chi connectivity index (χ4v) is 4.32. The minimum absolute atomic E-state index is 0.0187. The van der Waals surface area contributed by atoms with Gasteiger partial charge < -0.3 is 4.52 Å². The second-order valence-corrected chi connectivity index (χ2v) is 9.07. The van der Waals surface area contributed by atoms with Crippen LogP contribution < -0.4 is 5.56 Å². The van der Waals surface area contributed by atoms with Crippen LogP contribution in [0, 0.1) is 5.92 Å². The topological polar surface area (TPSA) is 91.1 Å². The monoisotopic (exact) mass is 440 g/mol. The first kappa shape index (κ1) is 21.5. The Morgan fingerprint density at radius 3 is 2.81 bits per heavy atom. The van der Waals surface area contributed by atoms with Crippen LogP contribution in [0.15, 0.2) is 38.7 Å². The highest BCUT2D eigenvalue weighted by Gasteiger charge is 2.17. The van der Waals surface area contributed by atoms with Crippen molar-refractivity contribution in [3.8, 4) is 0 Å². The molecule has 31 heavy (non-hydrogen) atoms. The highest BCUT2D eigenvalue weighted by Crippen LogP contribution is 2.24. The summed E-state index contributed by atoms with van der Waals surface area (Å²) in [6.45, 7) is 7.14. The van der Waals surface area contributed by atoms with Crippen LogP contribution in [0.2, 0.25) is 0 Å². The Hall–Kier alpha value is -2.68.